The summed E-state index contributed by atoms with van der Waals surface area (Å²) in [4.78, 5) is 47.8. The van der Waals surface area contributed by atoms with Crippen molar-refractivity contribution in [2.75, 3.05) is 26.4 Å². The topological polar surface area (TPSA) is 206 Å². The predicted molar refractivity (Wildman–Crippen MR) is 243 cm³/mol. The third kappa shape index (κ3) is 31.8. The van der Waals surface area contributed by atoms with Crippen LogP contribution in [0, 0.1) is 17.8 Å². The zero-order chi connectivity index (χ0) is 45.9. The van der Waals surface area contributed by atoms with Gasteiger partial charge in [-0.05, 0) is 38.0 Å². The monoisotopic (exact) mass is 903 g/mol. The van der Waals surface area contributed by atoms with E-state index < -0.39 is 76.5 Å². The Hall–Kier alpha value is -1.96. The fourth-order valence-electron chi connectivity index (χ4n) is 7.57. The number of aliphatic hydroxyl groups excluding tert-OH is 4. The summed E-state index contributed by atoms with van der Waals surface area (Å²) in [6, 6.07) is 0. The minimum atomic E-state index is -4.69. The van der Waals surface area contributed by atoms with Gasteiger partial charge in [0.05, 0.1) is 32.0 Å². The number of ketones is 1. The van der Waals surface area contributed by atoms with Crippen molar-refractivity contribution in [1.29, 1.82) is 0 Å². The number of Topliss-reactive ketones (excluding diaryl/α,β-unsaturated/α-hetero) is 1. The lowest BCUT2D eigenvalue weighted by molar-refractivity contribution is -0.161. The highest BCUT2D eigenvalue weighted by molar-refractivity contribution is 7.47. The number of phosphoric acid groups is 1. The van der Waals surface area contributed by atoms with Gasteiger partial charge < -0.3 is 34.8 Å². The Bertz CT molecular complexity index is 1260. The molecule has 1 saturated carbocycles. The predicted octanol–water partition coefficient (Wildman–Crippen LogP) is 9.79. The van der Waals surface area contributed by atoms with Gasteiger partial charge in [-0.2, -0.15) is 0 Å². The molecule has 0 radical (unpaired) electrons. The molecule has 0 amide bonds. The van der Waals surface area contributed by atoms with Crippen molar-refractivity contribution in [3.05, 3.63) is 24.3 Å². The van der Waals surface area contributed by atoms with Crippen LogP contribution in [0.5, 0.6) is 0 Å². The Labute approximate surface area is 374 Å². The summed E-state index contributed by atoms with van der Waals surface area (Å²) in [7, 11) is -4.69. The molecule has 0 aliphatic heterocycles. The average Bonchev–Trinajstić information content (AvgIpc) is 3.51. The van der Waals surface area contributed by atoms with Crippen molar-refractivity contribution in [2.24, 2.45) is 17.8 Å². The first-order valence-electron chi connectivity index (χ1n) is 24.3. The summed E-state index contributed by atoms with van der Waals surface area (Å²) < 4.78 is 32.8. The molecule has 0 spiro atoms. The summed E-state index contributed by atoms with van der Waals surface area (Å²) in [5, 5.41) is 39.1. The number of rotatable bonds is 41. The molecular weight excluding hydrogens is 815 g/mol. The third-order valence-electron chi connectivity index (χ3n) is 11.4. The second kappa shape index (κ2) is 37.3. The molecule has 1 fully saturated rings. The molecule has 0 saturated heterocycles. The quantitative estimate of drug-likeness (QED) is 0.0168. The van der Waals surface area contributed by atoms with E-state index in [9.17, 15) is 39.2 Å². The first-order valence-corrected chi connectivity index (χ1v) is 25.7. The summed E-state index contributed by atoms with van der Waals surface area (Å²) in [6.07, 6.45) is 29.4. The van der Waals surface area contributed by atoms with E-state index >= 15 is 0 Å². The number of carbonyl (C=O) groups excluding carboxylic acids is 3. The fraction of sp³-hybridized carbons (Fsp3) is 0.854. The minimum Gasteiger partial charge on any atom is -0.462 e. The Morgan fingerprint density at radius 2 is 1.29 bits per heavy atom. The van der Waals surface area contributed by atoms with Crippen LogP contribution in [0.3, 0.4) is 0 Å². The standard InChI is InChI=1S/C48H87O13P/c1-4-5-22-28-40(50)32-33-44-43(45(52)34-46(44)53)29-24-20-21-26-31-48(55)61-42(38-60-62(56,57)59-36-41(51)35-49)37-58-47(54)30-25-19-17-15-13-11-9-7-6-8-10-12-14-16-18-23-27-39(2)3/h20,24,32-33,39-45,49-52H,4-19,21-23,25-31,34-38H2,1-3H3,(H,56,57)/b24-20-,33-32+/t40-,41-,42+,43+,44+,45-/m0/s1. The fourth-order valence-corrected chi connectivity index (χ4v) is 8.36. The van der Waals surface area contributed by atoms with Gasteiger partial charge in [-0.25, -0.2) is 4.57 Å². The Morgan fingerprint density at radius 3 is 1.87 bits per heavy atom. The van der Waals surface area contributed by atoms with Gasteiger partial charge in [-0.3, -0.25) is 23.4 Å². The van der Waals surface area contributed by atoms with Crippen LogP contribution in [-0.4, -0.2) is 93.9 Å². The van der Waals surface area contributed by atoms with Gasteiger partial charge in [-0.15, -0.1) is 0 Å². The molecule has 1 aliphatic rings. The lowest BCUT2D eigenvalue weighted by Crippen LogP contribution is -2.29. The first-order chi connectivity index (χ1) is 29.8. The lowest BCUT2D eigenvalue weighted by Gasteiger charge is -2.20. The number of aliphatic hydroxyl groups is 4. The number of phosphoric ester groups is 1. The van der Waals surface area contributed by atoms with Gasteiger partial charge in [0.25, 0.3) is 0 Å². The van der Waals surface area contributed by atoms with Crippen LogP contribution in [0.25, 0.3) is 0 Å². The molecule has 0 bridgehead atoms. The maximum absolute atomic E-state index is 12.7. The van der Waals surface area contributed by atoms with E-state index in [0.29, 0.717) is 32.1 Å². The van der Waals surface area contributed by atoms with Gasteiger partial charge in [0.15, 0.2) is 6.10 Å². The molecule has 362 valence electrons. The molecule has 13 nitrogen and oxygen atoms in total. The molecule has 62 heavy (non-hydrogen) atoms. The van der Waals surface area contributed by atoms with E-state index in [0.717, 1.165) is 44.4 Å². The van der Waals surface area contributed by atoms with E-state index in [1.807, 2.05) is 12.2 Å². The summed E-state index contributed by atoms with van der Waals surface area (Å²) >= 11 is 0. The van der Waals surface area contributed by atoms with E-state index in [1.165, 1.54) is 83.5 Å². The lowest BCUT2D eigenvalue weighted by atomic mass is 9.90. The molecule has 0 aromatic carbocycles. The Morgan fingerprint density at radius 1 is 0.742 bits per heavy atom. The van der Waals surface area contributed by atoms with E-state index in [4.69, 9.17) is 19.1 Å². The van der Waals surface area contributed by atoms with Crippen molar-refractivity contribution < 1.29 is 62.8 Å². The van der Waals surface area contributed by atoms with Crippen LogP contribution in [0.4, 0.5) is 0 Å². The summed E-state index contributed by atoms with van der Waals surface area (Å²) in [6.45, 7) is 4.33. The maximum Gasteiger partial charge on any atom is 0.472 e. The molecule has 14 heteroatoms. The first kappa shape index (κ1) is 58.1. The molecule has 1 rings (SSSR count). The molecule has 0 aromatic rings. The van der Waals surface area contributed by atoms with Crippen LogP contribution in [0.15, 0.2) is 24.3 Å². The number of hydrogen-bond acceptors (Lipinski definition) is 12. The number of hydrogen-bond donors (Lipinski definition) is 5. The molecule has 1 unspecified atom stereocenters. The van der Waals surface area contributed by atoms with Crippen LogP contribution in [0.2, 0.25) is 0 Å². The number of allylic oxidation sites excluding steroid dienone is 3. The molecule has 5 N–H and O–H groups in total. The molecule has 0 heterocycles. The Kier molecular flexibility index (Phi) is 34.9. The molecule has 7 atom stereocenters. The zero-order valence-corrected chi connectivity index (χ0v) is 39.6. The SMILES string of the molecule is CCCCC[C@H](O)/C=C/[C@H]1C(=O)C[C@H](O)[C@@H]1C/C=C\CCCC(=O)O[C@H](COC(=O)CCCCCCCCCCCCCCCCCCC(C)C)COP(=O)(O)OC[C@@H](O)CO. The average molecular weight is 903 g/mol. The highest BCUT2D eigenvalue weighted by Crippen LogP contribution is 2.43. The number of ether oxygens (including phenoxy) is 2. The summed E-state index contributed by atoms with van der Waals surface area (Å²) in [5.41, 5.74) is 0. The Balaban J connectivity index is 2.40. The van der Waals surface area contributed by atoms with Crippen LogP contribution >= 0.6 is 7.82 Å². The normalized spacial score (nSPS) is 19.4. The van der Waals surface area contributed by atoms with Crippen LogP contribution < -0.4 is 0 Å². The van der Waals surface area contributed by atoms with Crippen molar-refractivity contribution in [3.63, 3.8) is 0 Å². The van der Waals surface area contributed by atoms with Crippen LogP contribution in [-0.2, 0) is 37.5 Å². The highest BCUT2D eigenvalue weighted by atomic mass is 31.2. The van der Waals surface area contributed by atoms with Crippen molar-refractivity contribution in [1.82, 2.24) is 0 Å². The van der Waals surface area contributed by atoms with E-state index in [-0.39, 0.29) is 31.0 Å². The summed E-state index contributed by atoms with van der Waals surface area (Å²) in [5.74, 6) is -1.11. The zero-order valence-electron chi connectivity index (χ0n) is 38.7. The largest absolute Gasteiger partial charge is 0.472 e. The number of carbonyl (C=O) groups is 3. The minimum absolute atomic E-state index is 0.00451. The van der Waals surface area contributed by atoms with Crippen molar-refractivity contribution in [2.45, 2.75) is 219 Å². The maximum atomic E-state index is 12.7. The van der Waals surface area contributed by atoms with Gasteiger partial charge in [0, 0.05) is 31.1 Å². The highest BCUT2D eigenvalue weighted by Gasteiger charge is 2.39. The second-order valence-electron chi connectivity index (χ2n) is 17.8. The van der Waals surface area contributed by atoms with E-state index in [2.05, 4.69) is 25.3 Å². The molecule has 1 aliphatic carbocycles. The van der Waals surface area contributed by atoms with Gasteiger partial charge >= 0.3 is 19.8 Å². The van der Waals surface area contributed by atoms with Crippen molar-refractivity contribution in [3.8, 4) is 0 Å². The van der Waals surface area contributed by atoms with Gasteiger partial charge in [0.2, 0.25) is 0 Å². The van der Waals surface area contributed by atoms with Crippen molar-refractivity contribution >= 4 is 25.5 Å². The third-order valence-corrected chi connectivity index (χ3v) is 12.4. The number of esters is 2. The molecular formula is C48H87O13P. The molecule has 0 aromatic heterocycles. The number of unbranched alkanes of at least 4 members (excludes halogenated alkanes) is 18. The van der Waals surface area contributed by atoms with Gasteiger partial charge in [0.1, 0.15) is 18.5 Å². The van der Waals surface area contributed by atoms with Gasteiger partial charge in [-0.1, -0.05) is 167 Å². The smallest absolute Gasteiger partial charge is 0.462 e. The van der Waals surface area contributed by atoms with Crippen LogP contribution in [0.1, 0.15) is 194 Å². The second-order valence-corrected chi connectivity index (χ2v) is 19.2. The van der Waals surface area contributed by atoms with E-state index in [1.54, 1.807) is 12.2 Å².